The summed E-state index contributed by atoms with van der Waals surface area (Å²) in [6.45, 7) is 2.57. The first kappa shape index (κ1) is 11.3. The molecule has 1 fully saturated rings. The number of hydrogen-bond donors (Lipinski definition) is 0. The second-order valence-electron chi connectivity index (χ2n) is 3.95. The lowest BCUT2D eigenvalue weighted by Gasteiger charge is -2.09. The molecule has 0 saturated carbocycles. The Morgan fingerprint density at radius 3 is 2.94 bits per heavy atom. The van der Waals surface area contributed by atoms with E-state index in [1.165, 1.54) is 11.3 Å². The number of rotatable bonds is 2. The first-order valence-corrected chi connectivity index (χ1v) is 6.39. The highest BCUT2D eigenvalue weighted by atomic mass is 32.1. The Morgan fingerprint density at radius 2 is 2.33 bits per heavy atom. The van der Waals surface area contributed by atoms with Crippen LogP contribution in [0.1, 0.15) is 35.3 Å². The van der Waals surface area contributed by atoms with Crippen molar-refractivity contribution in [3.05, 3.63) is 16.4 Å². The van der Waals surface area contributed by atoms with Crippen molar-refractivity contribution in [1.29, 1.82) is 5.26 Å². The summed E-state index contributed by atoms with van der Waals surface area (Å²) in [4.78, 5) is 0. The van der Waals surface area contributed by atoms with Crippen LogP contribution in [0.3, 0.4) is 0 Å². The van der Waals surface area contributed by atoms with E-state index in [0.29, 0.717) is 23.1 Å². The van der Waals surface area contributed by atoms with Crippen LogP contribution in [-0.2, 0) is 4.74 Å². The average molecular weight is 262 g/mol. The summed E-state index contributed by atoms with van der Waals surface area (Å²) >= 11 is 1.41. The summed E-state index contributed by atoms with van der Waals surface area (Å²) in [5.74, 6) is 0. The predicted octanol–water partition coefficient (Wildman–Crippen LogP) is 1.15. The first-order valence-electron chi connectivity index (χ1n) is 5.57. The molecular weight excluding hydrogens is 252 g/mol. The van der Waals surface area contributed by atoms with Gasteiger partial charge in [-0.1, -0.05) is 16.6 Å². The molecule has 2 aromatic rings. The van der Waals surface area contributed by atoms with Crippen LogP contribution in [-0.4, -0.2) is 31.8 Å². The topological polar surface area (TPSA) is 89.5 Å². The SMILES string of the molecule is Cc1nnc(-n2nnc(C#N)c2C2CCCO2)s1. The third kappa shape index (κ3) is 1.77. The Bertz CT molecular complexity index is 606. The molecule has 3 heterocycles. The highest BCUT2D eigenvalue weighted by Gasteiger charge is 2.28. The third-order valence-corrected chi connectivity index (χ3v) is 3.56. The van der Waals surface area contributed by atoms with Crippen molar-refractivity contribution in [2.24, 2.45) is 0 Å². The monoisotopic (exact) mass is 262 g/mol. The summed E-state index contributed by atoms with van der Waals surface area (Å²) in [6.07, 6.45) is 1.73. The Kier molecular flexibility index (Phi) is 2.77. The minimum atomic E-state index is -0.126. The lowest BCUT2D eigenvalue weighted by molar-refractivity contribution is 0.106. The molecule has 1 aliphatic rings. The van der Waals surface area contributed by atoms with Crippen LogP contribution in [0.4, 0.5) is 0 Å². The Labute approximate surface area is 107 Å². The van der Waals surface area contributed by atoms with Gasteiger partial charge in [0.2, 0.25) is 5.13 Å². The van der Waals surface area contributed by atoms with Gasteiger partial charge in [-0.15, -0.1) is 15.3 Å². The number of aromatic nitrogens is 5. The van der Waals surface area contributed by atoms with Crippen LogP contribution < -0.4 is 0 Å². The molecule has 0 aromatic carbocycles. The van der Waals surface area contributed by atoms with E-state index in [2.05, 4.69) is 26.6 Å². The summed E-state index contributed by atoms with van der Waals surface area (Å²) in [7, 11) is 0. The van der Waals surface area contributed by atoms with Gasteiger partial charge in [-0.25, -0.2) is 0 Å². The highest BCUT2D eigenvalue weighted by Crippen LogP contribution is 2.31. The van der Waals surface area contributed by atoms with Crippen LogP contribution >= 0.6 is 11.3 Å². The van der Waals surface area contributed by atoms with Crippen molar-refractivity contribution in [3.63, 3.8) is 0 Å². The van der Waals surface area contributed by atoms with Gasteiger partial charge in [0.1, 0.15) is 22.9 Å². The predicted molar refractivity (Wildman–Crippen MR) is 62.2 cm³/mol. The van der Waals surface area contributed by atoms with Crippen LogP contribution in [0.15, 0.2) is 0 Å². The Hall–Kier alpha value is -1.85. The van der Waals surface area contributed by atoms with Gasteiger partial charge in [-0.05, 0) is 19.8 Å². The molecule has 1 saturated heterocycles. The maximum Gasteiger partial charge on any atom is 0.234 e. The molecule has 0 amide bonds. The molecule has 1 unspecified atom stereocenters. The second kappa shape index (κ2) is 4.44. The molecule has 0 radical (unpaired) electrons. The van der Waals surface area contributed by atoms with Crippen LogP contribution in [0.25, 0.3) is 5.13 Å². The smallest absolute Gasteiger partial charge is 0.234 e. The maximum absolute atomic E-state index is 9.09. The van der Waals surface area contributed by atoms with Gasteiger partial charge in [-0.3, -0.25) is 0 Å². The highest BCUT2D eigenvalue weighted by molar-refractivity contribution is 7.13. The molecule has 18 heavy (non-hydrogen) atoms. The summed E-state index contributed by atoms with van der Waals surface area (Å²) in [6, 6.07) is 2.05. The average Bonchev–Trinajstić information content (AvgIpc) is 3.07. The standard InChI is InChI=1S/C10H10N6OS/c1-6-12-14-10(18-6)16-9(7(5-11)13-15-16)8-3-2-4-17-8/h8H,2-4H2,1H3. The van der Waals surface area contributed by atoms with Crippen molar-refractivity contribution in [1.82, 2.24) is 25.2 Å². The van der Waals surface area contributed by atoms with Gasteiger partial charge in [0.15, 0.2) is 5.69 Å². The summed E-state index contributed by atoms with van der Waals surface area (Å²) < 4.78 is 7.18. The number of hydrogen-bond acceptors (Lipinski definition) is 7. The van der Waals surface area contributed by atoms with Gasteiger partial charge in [-0.2, -0.15) is 9.94 Å². The van der Waals surface area contributed by atoms with Crippen molar-refractivity contribution in [2.75, 3.05) is 6.61 Å². The molecule has 0 spiro atoms. The van der Waals surface area contributed by atoms with Gasteiger partial charge < -0.3 is 4.74 Å². The molecule has 3 rings (SSSR count). The summed E-state index contributed by atoms with van der Waals surface area (Å²) in [5.41, 5.74) is 0.987. The Balaban J connectivity index is 2.09. The first-order chi connectivity index (χ1) is 8.79. The van der Waals surface area contributed by atoms with E-state index in [9.17, 15) is 0 Å². The number of ether oxygens (including phenoxy) is 1. The van der Waals surface area contributed by atoms with E-state index in [-0.39, 0.29) is 6.10 Å². The fraction of sp³-hybridized carbons (Fsp3) is 0.500. The molecule has 1 atom stereocenters. The van der Waals surface area contributed by atoms with Gasteiger partial charge in [0, 0.05) is 6.61 Å². The zero-order valence-electron chi connectivity index (χ0n) is 9.70. The third-order valence-electron chi connectivity index (χ3n) is 2.74. The molecule has 0 bridgehead atoms. The van der Waals surface area contributed by atoms with Gasteiger partial charge >= 0.3 is 0 Å². The number of aryl methyl sites for hydroxylation is 1. The molecule has 0 N–H and O–H groups in total. The van der Waals surface area contributed by atoms with Crippen molar-refractivity contribution in [2.45, 2.75) is 25.9 Å². The van der Waals surface area contributed by atoms with E-state index in [1.54, 1.807) is 4.68 Å². The molecule has 7 nitrogen and oxygen atoms in total. The zero-order chi connectivity index (χ0) is 12.5. The summed E-state index contributed by atoms with van der Waals surface area (Å²) in [5, 5.41) is 26.4. The van der Waals surface area contributed by atoms with Gasteiger partial charge in [0.05, 0.1) is 0 Å². The fourth-order valence-corrected chi connectivity index (χ4v) is 2.61. The van der Waals surface area contributed by atoms with Crippen LogP contribution in [0.2, 0.25) is 0 Å². The number of nitriles is 1. The number of nitrogens with zero attached hydrogens (tertiary/aromatic N) is 6. The van der Waals surface area contributed by atoms with Crippen molar-refractivity contribution in [3.8, 4) is 11.2 Å². The quantitative estimate of drug-likeness (QED) is 0.806. The van der Waals surface area contributed by atoms with E-state index >= 15 is 0 Å². The van der Waals surface area contributed by atoms with E-state index in [0.717, 1.165) is 17.8 Å². The van der Waals surface area contributed by atoms with Crippen molar-refractivity contribution >= 4 is 11.3 Å². The zero-order valence-corrected chi connectivity index (χ0v) is 10.5. The van der Waals surface area contributed by atoms with Crippen LogP contribution in [0.5, 0.6) is 0 Å². The maximum atomic E-state index is 9.09. The molecule has 8 heteroatoms. The minimum absolute atomic E-state index is 0.126. The van der Waals surface area contributed by atoms with Crippen LogP contribution in [0, 0.1) is 18.3 Å². The molecule has 0 aliphatic carbocycles. The van der Waals surface area contributed by atoms with E-state index in [1.807, 2.05) is 6.92 Å². The Morgan fingerprint density at radius 1 is 1.44 bits per heavy atom. The molecular formula is C10H10N6OS. The lowest BCUT2D eigenvalue weighted by Crippen LogP contribution is -2.08. The van der Waals surface area contributed by atoms with Gasteiger partial charge in [0.25, 0.3) is 0 Å². The largest absolute Gasteiger partial charge is 0.372 e. The fourth-order valence-electron chi connectivity index (χ4n) is 1.96. The molecule has 1 aliphatic heterocycles. The minimum Gasteiger partial charge on any atom is -0.372 e. The molecule has 2 aromatic heterocycles. The van der Waals surface area contributed by atoms with Crippen molar-refractivity contribution < 1.29 is 4.74 Å². The second-order valence-corrected chi connectivity index (χ2v) is 5.11. The van der Waals surface area contributed by atoms with E-state index < -0.39 is 0 Å². The normalized spacial score (nSPS) is 19.0. The lowest BCUT2D eigenvalue weighted by atomic mass is 10.1. The van der Waals surface area contributed by atoms with E-state index in [4.69, 9.17) is 10.00 Å². The molecule has 92 valence electrons.